The van der Waals surface area contributed by atoms with Crippen molar-refractivity contribution in [1.82, 2.24) is 9.80 Å². The molecule has 0 saturated carbocycles. The van der Waals surface area contributed by atoms with Crippen molar-refractivity contribution < 1.29 is 14.5 Å². The van der Waals surface area contributed by atoms with Crippen LogP contribution in [0.15, 0.2) is 42.5 Å². The molecule has 2 aromatic carbocycles. The maximum Gasteiger partial charge on any atom is 0.270 e. The monoisotopic (exact) mass is 478 g/mol. The number of piperidine rings is 1. The minimum atomic E-state index is -0.458. The van der Waals surface area contributed by atoms with Crippen molar-refractivity contribution >= 4 is 23.2 Å². The fraction of sp³-hybridized carbons (Fsp3) is 0.481. The largest absolute Gasteiger partial charge is 0.371 e. The lowest BCUT2D eigenvalue weighted by molar-refractivity contribution is -0.384. The molecule has 2 aromatic rings. The lowest BCUT2D eigenvalue weighted by atomic mass is 9.97. The number of carbonyl (C=O) groups excluding carboxylic acids is 2. The molecule has 2 aliphatic heterocycles. The topological polar surface area (TPSA) is 87.0 Å². The highest BCUT2D eigenvalue weighted by atomic mass is 16.6. The zero-order valence-electron chi connectivity index (χ0n) is 20.8. The van der Waals surface area contributed by atoms with Crippen LogP contribution >= 0.6 is 0 Å². The third-order valence-corrected chi connectivity index (χ3v) is 7.22. The molecule has 0 spiro atoms. The summed E-state index contributed by atoms with van der Waals surface area (Å²) < 4.78 is 0. The number of hydrogen-bond acceptors (Lipinski definition) is 5. The summed E-state index contributed by atoms with van der Waals surface area (Å²) in [6.45, 7) is 9.77. The van der Waals surface area contributed by atoms with Gasteiger partial charge in [-0.05, 0) is 48.4 Å². The fourth-order valence-electron chi connectivity index (χ4n) is 4.81. The smallest absolute Gasteiger partial charge is 0.270 e. The van der Waals surface area contributed by atoms with Gasteiger partial charge in [0, 0.05) is 57.0 Å². The Hall–Kier alpha value is -3.42. The van der Waals surface area contributed by atoms with Crippen LogP contribution in [0.1, 0.15) is 65.8 Å². The molecule has 8 nitrogen and oxygen atoms in total. The van der Waals surface area contributed by atoms with Crippen LogP contribution in [-0.4, -0.2) is 65.8 Å². The molecule has 0 radical (unpaired) electrons. The minimum absolute atomic E-state index is 0.0362. The zero-order valence-corrected chi connectivity index (χ0v) is 20.8. The van der Waals surface area contributed by atoms with Crippen LogP contribution in [0.2, 0.25) is 0 Å². The first-order valence-corrected chi connectivity index (χ1v) is 12.5. The average Bonchev–Trinajstić information content (AvgIpc) is 2.88. The molecule has 0 aromatic heterocycles. The van der Waals surface area contributed by atoms with Crippen LogP contribution < -0.4 is 4.90 Å². The van der Waals surface area contributed by atoms with Crippen molar-refractivity contribution in [1.29, 1.82) is 0 Å². The van der Waals surface area contributed by atoms with Gasteiger partial charge in [-0.1, -0.05) is 32.9 Å². The minimum Gasteiger partial charge on any atom is -0.371 e. The summed E-state index contributed by atoms with van der Waals surface area (Å²) in [6.07, 6.45) is 2.06. The Morgan fingerprint density at radius 3 is 2.00 bits per heavy atom. The van der Waals surface area contributed by atoms with Crippen molar-refractivity contribution in [2.75, 3.05) is 44.2 Å². The summed E-state index contributed by atoms with van der Waals surface area (Å²) in [5, 5.41) is 11.4. The van der Waals surface area contributed by atoms with Crippen LogP contribution in [0.5, 0.6) is 0 Å². The van der Waals surface area contributed by atoms with Crippen molar-refractivity contribution in [3.8, 4) is 0 Å². The van der Waals surface area contributed by atoms with Crippen molar-refractivity contribution in [3.63, 3.8) is 0 Å². The van der Waals surface area contributed by atoms with E-state index in [4.69, 9.17) is 0 Å². The Labute approximate surface area is 206 Å². The van der Waals surface area contributed by atoms with E-state index in [0.29, 0.717) is 49.1 Å². The SMILES string of the molecule is CC1CCN(c2ccc([N+](=O)[O-])cc2C(=O)N2CCN(C(=O)c3ccc(C(C)C)cc3)CC2)CC1. The summed E-state index contributed by atoms with van der Waals surface area (Å²) in [5.74, 6) is 0.790. The second-order valence-corrected chi connectivity index (χ2v) is 9.99. The molecule has 4 rings (SSSR count). The maximum atomic E-state index is 13.5. The zero-order chi connectivity index (χ0) is 25.1. The molecule has 35 heavy (non-hydrogen) atoms. The van der Waals surface area contributed by atoms with Crippen LogP contribution in [0, 0.1) is 16.0 Å². The second kappa shape index (κ2) is 10.5. The normalized spacial score (nSPS) is 17.1. The number of benzene rings is 2. The predicted octanol–water partition coefficient (Wildman–Crippen LogP) is 4.55. The standard InChI is InChI=1S/C27H34N4O4/c1-19(2)21-4-6-22(7-5-21)26(32)29-14-16-30(17-15-29)27(33)24-18-23(31(34)35)8-9-25(24)28-12-10-20(3)11-13-28/h4-9,18-20H,10-17H2,1-3H3. The molecule has 2 aliphatic rings. The van der Waals surface area contributed by atoms with E-state index < -0.39 is 4.92 Å². The number of hydrogen-bond donors (Lipinski definition) is 0. The first kappa shape index (κ1) is 24.7. The molecule has 186 valence electrons. The van der Waals surface area contributed by atoms with Crippen molar-refractivity contribution in [3.05, 3.63) is 69.3 Å². The first-order valence-electron chi connectivity index (χ1n) is 12.5. The van der Waals surface area contributed by atoms with E-state index in [0.717, 1.165) is 31.6 Å². The van der Waals surface area contributed by atoms with E-state index in [1.165, 1.54) is 17.7 Å². The van der Waals surface area contributed by atoms with E-state index in [9.17, 15) is 19.7 Å². The van der Waals surface area contributed by atoms with Crippen molar-refractivity contribution in [2.24, 2.45) is 5.92 Å². The van der Waals surface area contributed by atoms with Gasteiger partial charge in [-0.25, -0.2) is 0 Å². The molecule has 2 fully saturated rings. The number of carbonyl (C=O) groups is 2. The fourth-order valence-corrected chi connectivity index (χ4v) is 4.81. The highest BCUT2D eigenvalue weighted by Gasteiger charge is 2.29. The highest BCUT2D eigenvalue weighted by Crippen LogP contribution is 2.30. The van der Waals surface area contributed by atoms with Gasteiger partial charge in [0.25, 0.3) is 17.5 Å². The van der Waals surface area contributed by atoms with Crippen LogP contribution in [0.25, 0.3) is 0 Å². The molecular weight excluding hydrogens is 444 g/mol. The van der Waals surface area contributed by atoms with Gasteiger partial charge >= 0.3 is 0 Å². The molecule has 0 atom stereocenters. The Kier molecular flexibility index (Phi) is 7.38. The Morgan fingerprint density at radius 2 is 1.46 bits per heavy atom. The van der Waals surface area contributed by atoms with Gasteiger partial charge in [-0.2, -0.15) is 0 Å². The number of nitrogens with zero attached hydrogens (tertiary/aromatic N) is 4. The summed E-state index contributed by atoms with van der Waals surface area (Å²) in [6, 6.07) is 12.3. The van der Waals surface area contributed by atoms with Gasteiger partial charge in [0.1, 0.15) is 0 Å². The molecule has 0 bridgehead atoms. The van der Waals surface area contributed by atoms with Gasteiger partial charge in [0.2, 0.25) is 0 Å². The molecular formula is C27H34N4O4. The van der Waals surface area contributed by atoms with Gasteiger partial charge in [0.15, 0.2) is 0 Å². The lowest BCUT2D eigenvalue weighted by Gasteiger charge is -2.37. The van der Waals surface area contributed by atoms with Gasteiger partial charge in [-0.15, -0.1) is 0 Å². The molecule has 0 unspecified atom stereocenters. The van der Waals surface area contributed by atoms with Crippen LogP contribution in [0.4, 0.5) is 11.4 Å². The van der Waals surface area contributed by atoms with Gasteiger partial charge in [0.05, 0.1) is 16.2 Å². The van der Waals surface area contributed by atoms with E-state index >= 15 is 0 Å². The maximum absolute atomic E-state index is 13.5. The quantitative estimate of drug-likeness (QED) is 0.465. The van der Waals surface area contributed by atoms with E-state index in [2.05, 4.69) is 25.7 Å². The molecule has 0 N–H and O–H groups in total. The molecule has 8 heteroatoms. The second-order valence-electron chi connectivity index (χ2n) is 9.99. The highest BCUT2D eigenvalue weighted by molar-refractivity contribution is 6.01. The van der Waals surface area contributed by atoms with Gasteiger partial charge < -0.3 is 14.7 Å². The van der Waals surface area contributed by atoms with E-state index in [1.54, 1.807) is 15.9 Å². The first-order chi connectivity index (χ1) is 16.7. The number of anilines is 1. The lowest BCUT2D eigenvalue weighted by Crippen LogP contribution is -2.50. The summed E-state index contributed by atoms with van der Waals surface area (Å²) in [7, 11) is 0. The predicted molar refractivity (Wildman–Crippen MR) is 136 cm³/mol. The third kappa shape index (κ3) is 5.47. The van der Waals surface area contributed by atoms with E-state index in [1.807, 2.05) is 24.3 Å². The number of amides is 2. The van der Waals surface area contributed by atoms with Gasteiger partial charge in [-0.3, -0.25) is 19.7 Å². The van der Waals surface area contributed by atoms with Crippen LogP contribution in [-0.2, 0) is 0 Å². The number of rotatable bonds is 5. The summed E-state index contributed by atoms with van der Waals surface area (Å²) >= 11 is 0. The number of nitro benzene ring substituents is 1. The Morgan fingerprint density at radius 1 is 0.886 bits per heavy atom. The molecule has 2 heterocycles. The molecule has 2 amide bonds. The third-order valence-electron chi connectivity index (χ3n) is 7.22. The molecule has 0 aliphatic carbocycles. The van der Waals surface area contributed by atoms with E-state index in [-0.39, 0.29) is 17.5 Å². The summed E-state index contributed by atoms with van der Waals surface area (Å²) in [4.78, 5) is 43.1. The number of piperazine rings is 1. The number of nitro groups is 1. The summed E-state index contributed by atoms with van der Waals surface area (Å²) in [5.41, 5.74) is 2.89. The van der Waals surface area contributed by atoms with Crippen LogP contribution in [0.3, 0.4) is 0 Å². The van der Waals surface area contributed by atoms with Crippen molar-refractivity contribution in [2.45, 2.75) is 39.5 Å². The number of non-ortho nitro benzene ring substituents is 1. The Balaban J connectivity index is 1.47. The Bertz CT molecular complexity index is 1080. The average molecular weight is 479 g/mol. The molecule has 2 saturated heterocycles.